The molecule has 22 heavy (non-hydrogen) atoms. The summed E-state index contributed by atoms with van der Waals surface area (Å²) in [5.74, 6) is -0.107. The molecule has 0 aromatic carbocycles. The molecule has 2 N–H and O–H groups in total. The van der Waals surface area contributed by atoms with Crippen LogP contribution in [0.3, 0.4) is 0 Å². The molecule has 3 amide bonds. The minimum absolute atomic E-state index is 0.107. The van der Waals surface area contributed by atoms with Gasteiger partial charge in [-0.3, -0.25) is 4.79 Å². The number of hydrogen-bond acceptors (Lipinski definition) is 5. The average Bonchev–Trinajstić information content (AvgIpc) is 2.54. The van der Waals surface area contributed by atoms with Gasteiger partial charge in [0.2, 0.25) is 5.91 Å². The Morgan fingerprint density at radius 1 is 1.45 bits per heavy atom. The third-order valence-corrected chi connectivity index (χ3v) is 5.22. The molecule has 1 atom stereocenters. The molecule has 124 valence electrons. The molecule has 2 heterocycles. The molecule has 8 nitrogen and oxygen atoms in total. The molecule has 3 rings (SSSR count). The molecule has 1 saturated carbocycles. The predicted molar refractivity (Wildman–Crippen MR) is 80.0 cm³/mol. The molecule has 2 aliphatic heterocycles. The number of likely N-dealkylation sites (N-methyl/N-ethyl adjacent to an activating group) is 1. The Labute approximate surface area is 133 Å². The Hall–Kier alpha value is -1.19. The second-order valence-electron chi connectivity index (χ2n) is 6.53. The third kappa shape index (κ3) is 2.84. The van der Waals surface area contributed by atoms with E-state index in [4.69, 9.17) is 4.28 Å². The first-order chi connectivity index (χ1) is 10.5. The lowest BCUT2D eigenvalue weighted by molar-refractivity contribution is -0.128. The van der Waals surface area contributed by atoms with Gasteiger partial charge in [-0.25, -0.2) is 9.00 Å². The van der Waals surface area contributed by atoms with Gasteiger partial charge in [-0.1, -0.05) is 0 Å². The van der Waals surface area contributed by atoms with Crippen LogP contribution in [0.1, 0.15) is 25.7 Å². The highest BCUT2D eigenvalue weighted by atomic mass is 32.2. The summed E-state index contributed by atoms with van der Waals surface area (Å²) in [7, 11) is 1.58. The Balaban J connectivity index is 1.55. The fourth-order valence-electron chi connectivity index (χ4n) is 3.60. The van der Waals surface area contributed by atoms with Gasteiger partial charge in [0, 0.05) is 26.2 Å². The van der Waals surface area contributed by atoms with Gasteiger partial charge in [-0.05, 0) is 31.1 Å². The first-order valence-electron chi connectivity index (χ1n) is 7.60. The van der Waals surface area contributed by atoms with Crippen molar-refractivity contribution in [3.05, 3.63) is 0 Å². The summed E-state index contributed by atoms with van der Waals surface area (Å²) in [4.78, 5) is 26.0. The van der Waals surface area contributed by atoms with Crippen LogP contribution < -0.4 is 10.6 Å². The zero-order valence-electron chi connectivity index (χ0n) is 12.6. The topological polar surface area (TPSA) is 91.0 Å². The molecular formula is C13H22N4O4S. The lowest BCUT2D eigenvalue weighted by atomic mass is 9.61. The van der Waals surface area contributed by atoms with E-state index in [-0.39, 0.29) is 11.9 Å². The quantitative estimate of drug-likeness (QED) is 0.585. The highest BCUT2D eigenvalue weighted by Crippen LogP contribution is 2.44. The van der Waals surface area contributed by atoms with Crippen LogP contribution in [0.2, 0.25) is 0 Å². The van der Waals surface area contributed by atoms with Crippen LogP contribution in [0.5, 0.6) is 0 Å². The van der Waals surface area contributed by atoms with E-state index < -0.39 is 24.0 Å². The van der Waals surface area contributed by atoms with Gasteiger partial charge >= 0.3 is 6.03 Å². The summed E-state index contributed by atoms with van der Waals surface area (Å²) in [6.07, 6.45) is 3.23. The fraction of sp³-hybridized carbons (Fsp3) is 0.846. The van der Waals surface area contributed by atoms with Crippen LogP contribution in [0, 0.1) is 5.41 Å². The molecule has 3 fully saturated rings. The van der Waals surface area contributed by atoms with Crippen molar-refractivity contribution >= 4 is 23.9 Å². The van der Waals surface area contributed by atoms with Crippen LogP contribution in [-0.4, -0.2) is 64.9 Å². The van der Waals surface area contributed by atoms with E-state index in [0.717, 1.165) is 31.0 Å². The van der Waals surface area contributed by atoms with E-state index >= 15 is 0 Å². The predicted octanol–water partition coefficient (Wildman–Crippen LogP) is -0.837. The van der Waals surface area contributed by atoms with Crippen molar-refractivity contribution in [2.75, 3.05) is 26.7 Å². The Morgan fingerprint density at radius 2 is 2.18 bits per heavy atom. The third-order valence-electron chi connectivity index (χ3n) is 4.96. The molecule has 1 unspecified atom stereocenters. The van der Waals surface area contributed by atoms with Gasteiger partial charge in [0.25, 0.3) is 0 Å². The molecule has 0 radical (unpaired) electrons. The highest BCUT2D eigenvalue weighted by molar-refractivity contribution is 7.60. The monoisotopic (exact) mass is 330 g/mol. The average molecular weight is 330 g/mol. The molecule has 1 spiro atoms. The number of urea groups is 1. The van der Waals surface area contributed by atoms with Crippen LogP contribution >= 0.6 is 0 Å². The number of hydrogen-bond donors (Lipinski definition) is 3. The Kier molecular flexibility index (Phi) is 4.37. The van der Waals surface area contributed by atoms with Crippen molar-refractivity contribution in [3.63, 3.8) is 0 Å². The maximum Gasteiger partial charge on any atom is 0.345 e. The van der Waals surface area contributed by atoms with Crippen LogP contribution in [0.25, 0.3) is 0 Å². The van der Waals surface area contributed by atoms with E-state index in [9.17, 15) is 13.8 Å². The Morgan fingerprint density at radius 3 is 2.77 bits per heavy atom. The van der Waals surface area contributed by atoms with E-state index in [1.165, 1.54) is 4.90 Å². The smallest absolute Gasteiger partial charge is 0.345 e. The summed E-state index contributed by atoms with van der Waals surface area (Å²) in [6.45, 7) is 2.42. The summed E-state index contributed by atoms with van der Waals surface area (Å²) in [5, 5.41) is 7.36. The van der Waals surface area contributed by atoms with Crippen molar-refractivity contribution < 1.29 is 18.1 Å². The molecule has 0 bridgehead atoms. The van der Waals surface area contributed by atoms with E-state index in [0.29, 0.717) is 24.8 Å². The molecule has 3 aliphatic rings. The van der Waals surface area contributed by atoms with Crippen molar-refractivity contribution in [1.29, 1.82) is 0 Å². The zero-order chi connectivity index (χ0) is 15.7. The minimum atomic E-state index is -0.569. The van der Waals surface area contributed by atoms with Crippen LogP contribution in [0.15, 0.2) is 0 Å². The van der Waals surface area contributed by atoms with E-state index in [1.54, 1.807) is 7.05 Å². The summed E-state index contributed by atoms with van der Waals surface area (Å²) >= 11 is -0.569. The molecule has 0 aromatic rings. The number of nitrogens with zero attached hydrogens (tertiary/aromatic N) is 2. The van der Waals surface area contributed by atoms with Gasteiger partial charge in [-0.15, -0.1) is 0 Å². The second kappa shape index (κ2) is 6.13. The zero-order valence-corrected chi connectivity index (χ0v) is 13.5. The first-order valence-corrected chi connectivity index (χ1v) is 8.33. The standard InChI is InChI=1S/C13H22N4O4S/c1-16-10(3-2-4-17(12(16)19)21-22-20)11(18)15-9-5-13(6-9)7-14-8-13/h9-10,14,22H,2-8H2,1H3,(H,15,18). The molecule has 2 saturated heterocycles. The highest BCUT2D eigenvalue weighted by Gasteiger charge is 2.49. The number of carbonyl (C=O) groups excluding carboxylic acids is 2. The van der Waals surface area contributed by atoms with Gasteiger partial charge in [0.1, 0.15) is 6.04 Å². The van der Waals surface area contributed by atoms with Crippen LogP contribution in [0.4, 0.5) is 4.79 Å². The maximum absolute atomic E-state index is 12.4. The molecule has 9 heteroatoms. The number of thiol groups is 1. The van der Waals surface area contributed by atoms with Gasteiger partial charge in [-0.2, -0.15) is 9.35 Å². The van der Waals surface area contributed by atoms with Crippen molar-refractivity contribution in [2.45, 2.75) is 37.8 Å². The first kappa shape index (κ1) is 15.7. The molecule has 0 aromatic heterocycles. The maximum atomic E-state index is 12.4. The number of hydroxylamine groups is 2. The van der Waals surface area contributed by atoms with Gasteiger partial charge < -0.3 is 15.5 Å². The molecular weight excluding hydrogens is 308 g/mol. The summed E-state index contributed by atoms with van der Waals surface area (Å²) < 4.78 is 15.3. The summed E-state index contributed by atoms with van der Waals surface area (Å²) in [5.41, 5.74) is 0.404. The second-order valence-corrected chi connectivity index (χ2v) is 6.84. The van der Waals surface area contributed by atoms with Crippen molar-refractivity contribution in [3.8, 4) is 0 Å². The molecule has 1 aliphatic carbocycles. The summed E-state index contributed by atoms with van der Waals surface area (Å²) in [6, 6.07) is -0.719. The largest absolute Gasteiger partial charge is 0.352 e. The minimum Gasteiger partial charge on any atom is -0.352 e. The van der Waals surface area contributed by atoms with E-state index in [2.05, 4.69) is 10.6 Å². The van der Waals surface area contributed by atoms with Crippen molar-refractivity contribution in [1.82, 2.24) is 20.6 Å². The lowest BCUT2D eigenvalue weighted by Crippen LogP contribution is -2.66. The number of nitrogens with one attached hydrogen (secondary N) is 2. The van der Waals surface area contributed by atoms with Gasteiger partial charge in [0.15, 0.2) is 11.9 Å². The number of rotatable bonds is 4. The number of amides is 3. The number of carbonyl (C=O) groups is 2. The van der Waals surface area contributed by atoms with Crippen molar-refractivity contribution in [2.24, 2.45) is 5.41 Å². The SMILES string of the molecule is CN1C(=O)N(O[SH]=O)CCCC1C(=O)NC1CC2(CNC2)C1. The Bertz CT molecular complexity index is 477. The van der Waals surface area contributed by atoms with Gasteiger partial charge in [0.05, 0.1) is 6.54 Å². The lowest BCUT2D eigenvalue weighted by Gasteiger charge is -2.54. The van der Waals surface area contributed by atoms with E-state index in [1.807, 2.05) is 0 Å². The fourth-order valence-corrected chi connectivity index (χ4v) is 3.83. The van der Waals surface area contributed by atoms with Crippen LogP contribution in [-0.2, 0) is 21.0 Å². The normalized spacial score (nSPS) is 28.0.